The fraction of sp³-hybridized carbons (Fsp3) is 0.0476. The van der Waals surface area contributed by atoms with Crippen LogP contribution in [0, 0.1) is 6.92 Å². The Morgan fingerprint density at radius 1 is 0.556 bits per heavy atom. The molecule has 0 fully saturated rings. The Labute approximate surface area is 157 Å². The molecule has 0 heterocycles. The summed E-state index contributed by atoms with van der Waals surface area (Å²) in [7, 11) is 0. The Hall–Kier alpha value is -3.80. The van der Waals surface area contributed by atoms with Crippen molar-refractivity contribution in [3.8, 4) is 0 Å². The zero-order valence-corrected chi connectivity index (χ0v) is 14.8. The molecule has 0 aliphatic rings. The maximum absolute atomic E-state index is 12.2. The van der Waals surface area contributed by atoms with Crippen LogP contribution in [-0.2, 0) is 0 Å². The molecule has 6 nitrogen and oxygen atoms in total. The topological polar surface area (TPSA) is 82.3 Å². The molecule has 6 heteroatoms. The molecule has 27 heavy (non-hydrogen) atoms. The Kier molecular flexibility index (Phi) is 5.69. The largest absolute Gasteiger partial charge is 0.323 e. The lowest BCUT2D eigenvalue weighted by molar-refractivity contribution is 0.261. The van der Waals surface area contributed by atoms with E-state index in [0.29, 0.717) is 22.7 Å². The highest BCUT2D eigenvalue weighted by molar-refractivity contribution is 6.03. The SMILES string of the molecule is Cc1c(NC(=O)Nc2ccccc2)cccc1NC(=O)Nc1ccccc1. The number of hydrogen-bond acceptors (Lipinski definition) is 2. The van der Waals surface area contributed by atoms with Gasteiger partial charge in [0.05, 0.1) is 0 Å². The molecule has 4 N–H and O–H groups in total. The van der Waals surface area contributed by atoms with Gasteiger partial charge in [-0.2, -0.15) is 0 Å². The summed E-state index contributed by atoms with van der Waals surface area (Å²) in [6.07, 6.45) is 0. The van der Waals surface area contributed by atoms with Gasteiger partial charge in [-0.05, 0) is 48.9 Å². The zero-order valence-electron chi connectivity index (χ0n) is 14.8. The van der Waals surface area contributed by atoms with Gasteiger partial charge in [0.15, 0.2) is 0 Å². The minimum atomic E-state index is -0.352. The van der Waals surface area contributed by atoms with E-state index < -0.39 is 0 Å². The molecule has 0 aliphatic carbocycles. The van der Waals surface area contributed by atoms with E-state index in [1.807, 2.05) is 43.3 Å². The maximum atomic E-state index is 12.2. The average Bonchev–Trinajstić information content (AvgIpc) is 2.66. The predicted molar refractivity (Wildman–Crippen MR) is 109 cm³/mol. The van der Waals surface area contributed by atoms with Crippen LogP contribution in [0.25, 0.3) is 0 Å². The number of hydrogen-bond donors (Lipinski definition) is 4. The van der Waals surface area contributed by atoms with Crippen LogP contribution < -0.4 is 21.3 Å². The molecular formula is C21H20N4O2. The summed E-state index contributed by atoms with van der Waals surface area (Å²) in [5.41, 5.74) is 3.37. The van der Waals surface area contributed by atoms with Gasteiger partial charge in [-0.15, -0.1) is 0 Å². The second-order valence-electron chi connectivity index (χ2n) is 5.87. The number of para-hydroxylation sites is 2. The molecule has 3 aromatic rings. The predicted octanol–water partition coefficient (Wildman–Crippen LogP) is 5.28. The molecule has 0 unspecified atom stereocenters. The van der Waals surface area contributed by atoms with Crippen molar-refractivity contribution in [1.29, 1.82) is 0 Å². The van der Waals surface area contributed by atoms with Crippen molar-refractivity contribution in [3.63, 3.8) is 0 Å². The number of carbonyl (C=O) groups excluding carboxylic acids is 2. The zero-order chi connectivity index (χ0) is 19.1. The summed E-state index contributed by atoms with van der Waals surface area (Å²) in [5.74, 6) is 0. The molecule has 0 aromatic heterocycles. The van der Waals surface area contributed by atoms with Crippen LogP contribution in [0.4, 0.5) is 32.3 Å². The monoisotopic (exact) mass is 360 g/mol. The van der Waals surface area contributed by atoms with E-state index in [2.05, 4.69) is 21.3 Å². The lowest BCUT2D eigenvalue weighted by Gasteiger charge is -2.14. The van der Waals surface area contributed by atoms with E-state index in [9.17, 15) is 9.59 Å². The van der Waals surface area contributed by atoms with Gasteiger partial charge in [0, 0.05) is 22.7 Å². The first-order valence-electron chi connectivity index (χ1n) is 8.47. The first-order valence-corrected chi connectivity index (χ1v) is 8.47. The summed E-state index contributed by atoms with van der Waals surface area (Å²) in [6.45, 7) is 1.83. The van der Waals surface area contributed by atoms with Gasteiger partial charge < -0.3 is 21.3 Å². The second-order valence-corrected chi connectivity index (χ2v) is 5.87. The van der Waals surface area contributed by atoms with Gasteiger partial charge in [0.1, 0.15) is 0 Å². The standard InChI is InChI=1S/C21H20N4O2/c1-15-18(24-20(26)22-16-9-4-2-5-10-16)13-8-14-19(15)25-21(27)23-17-11-6-3-7-12-17/h2-14H,1H3,(H2,22,24,26)(H2,23,25,27). The van der Waals surface area contributed by atoms with Crippen molar-refractivity contribution in [2.24, 2.45) is 0 Å². The van der Waals surface area contributed by atoms with Crippen molar-refractivity contribution >= 4 is 34.8 Å². The Bertz CT molecular complexity index is 854. The summed E-state index contributed by atoms with van der Waals surface area (Å²) in [5, 5.41) is 11.1. The molecule has 0 saturated heterocycles. The van der Waals surface area contributed by atoms with Crippen molar-refractivity contribution < 1.29 is 9.59 Å². The summed E-state index contributed by atoms with van der Waals surface area (Å²) >= 11 is 0. The van der Waals surface area contributed by atoms with E-state index in [1.54, 1.807) is 42.5 Å². The molecule has 3 rings (SSSR count). The number of rotatable bonds is 4. The van der Waals surface area contributed by atoms with Gasteiger partial charge in [-0.1, -0.05) is 42.5 Å². The Morgan fingerprint density at radius 3 is 1.37 bits per heavy atom. The minimum Gasteiger partial charge on any atom is -0.308 e. The van der Waals surface area contributed by atoms with E-state index in [4.69, 9.17) is 0 Å². The van der Waals surface area contributed by atoms with Gasteiger partial charge in [0.2, 0.25) is 0 Å². The Morgan fingerprint density at radius 2 is 0.963 bits per heavy atom. The summed E-state index contributed by atoms with van der Waals surface area (Å²) < 4.78 is 0. The fourth-order valence-electron chi connectivity index (χ4n) is 2.52. The highest BCUT2D eigenvalue weighted by Gasteiger charge is 2.10. The van der Waals surface area contributed by atoms with Gasteiger partial charge in [-0.3, -0.25) is 0 Å². The van der Waals surface area contributed by atoms with Gasteiger partial charge in [-0.25, -0.2) is 9.59 Å². The van der Waals surface area contributed by atoms with Crippen LogP contribution in [0.1, 0.15) is 5.56 Å². The molecule has 136 valence electrons. The highest BCUT2D eigenvalue weighted by atomic mass is 16.2. The first kappa shape index (κ1) is 18.0. The molecule has 0 bridgehead atoms. The van der Waals surface area contributed by atoms with Crippen LogP contribution in [-0.4, -0.2) is 12.1 Å². The first-order chi connectivity index (χ1) is 13.1. The second kappa shape index (κ2) is 8.53. The Balaban J connectivity index is 1.64. The molecule has 4 amide bonds. The molecule has 0 radical (unpaired) electrons. The van der Waals surface area contributed by atoms with Crippen LogP contribution in [0.5, 0.6) is 0 Å². The van der Waals surface area contributed by atoms with Crippen LogP contribution in [0.3, 0.4) is 0 Å². The third-order valence-electron chi connectivity index (χ3n) is 3.89. The van der Waals surface area contributed by atoms with Gasteiger partial charge in [0.25, 0.3) is 0 Å². The smallest absolute Gasteiger partial charge is 0.308 e. The minimum absolute atomic E-state index is 0.352. The molecule has 0 saturated carbocycles. The number of urea groups is 2. The van der Waals surface area contributed by atoms with Crippen LogP contribution in [0.15, 0.2) is 78.9 Å². The molecule has 3 aromatic carbocycles. The van der Waals surface area contributed by atoms with E-state index in [-0.39, 0.29) is 12.1 Å². The number of carbonyl (C=O) groups is 2. The van der Waals surface area contributed by atoms with Crippen molar-refractivity contribution in [1.82, 2.24) is 0 Å². The fourth-order valence-corrected chi connectivity index (χ4v) is 2.52. The maximum Gasteiger partial charge on any atom is 0.323 e. The number of anilines is 4. The highest BCUT2D eigenvalue weighted by Crippen LogP contribution is 2.24. The van der Waals surface area contributed by atoms with E-state index in [1.165, 1.54) is 0 Å². The lowest BCUT2D eigenvalue weighted by Crippen LogP contribution is -2.22. The lowest BCUT2D eigenvalue weighted by atomic mass is 10.1. The van der Waals surface area contributed by atoms with Crippen molar-refractivity contribution in [2.75, 3.05) is 21.3 Å². The number of nitrogens with one attached hydrogen (secondary N) is 4. The third kappa shape index (κ3) is 5.09. The van der Waals surface area contributed by atoms with Crippen LogP contribution in [0.2, 0.25) is 0 Å². The average molecular weight is 360 g/mol. The molecule has 0 aliphatic heterocycles. The molecular weight excluding hydrogens is 340 g/mol. The quantitative estimate of drug-likeness (QED) is 0.510. The molecule has 0 spiro atoms. The van der Waals surface area contributed by atoms with E-state index >= 15 is 0 Å². The van der Waals surface area contributed by atoms with Crippen LogP contribution >= 0.6 is 0 Å². The normalized spacial score (nSPS) is 9.96. The number of benzene rings is 3. The van der Waals surface area contributed by atoms with Crippen molar-refractivity contribution in [3.05, 3.63) is 84.4 Å². The number of amides is 4. The summed E-state index contributed by atoms with van der Waals surface area (Å²) in [4.78, 5) is 24.4. The van der Waals surface area contributed by atoms with E-state index in [0.717, 1.165) is 5.56 Å². The molecule has 0 atom stereocenters. The van der Waals surface area contributed by atoms with Gasteiger partial charge >= 0.3 is 12.1 Å². The van der Waals surface area contributed by atoms with Crippen molar-refractivity contribution in [2.45, 2.75) is 6.92 Å². The summed E-state index contributed by atoms with van der Waals surface area (Å²) in [6, 6.07) is 23.0. The third-order valence-corrected chi connectivity index (χ3v) is 3.89.